The Morgan fingerprint density at radius 2 is 1.84 bits per heavy atom. The van der Waals surface area contributed by atoms with Gasteiger partial charge in [-0.3, -0.25) is 0 Å². The van der Waals surface area contributed by atoms with Crippen molar-refractivity contribution in [1.82, 2.24) is 9.62 Å². The molecule has 1 fully saturated rings. The maximum Gasteiger partial charge on any atom is 0.241 e. The Bertz CT molecular complexity index is 547. The number of nitrogens with one attached hydrogen (secondary N) is 1. The summed E-state index contributed by atoms with van der Waals surface area (Å²) < 4.78 is 27.7. The van der Waals surface area contributed by atoms with Crippen LogP contribution in [0.25, 0.3) is 0 Å². The first-order chi connectivity index (χ1) is 8.88. The molecule has 5 heteroatoms. The van der Waals surface area contributed by atoms with Crippen LogP contribution in [0.2, 0.25) is 0 Å². The number of benzene rings is 1. The van der Waals surface area contributed by atoms with E-state index in [1.54, 1.807) is 6.07 Å². The number of rotatable bonds is 3. The minimum atomic E-state index is -3.40. The second kappa shape index (κ2) is 5.61. The number of sulfonamides is 1. The van der Waals surface area contributed by atoms with Gasteiger partial charge in [-0.05, 0) is 64.0 Å². The molecule has 1 saturated heterocycles. The Kier molecular flexibility index (Phi) is 4.28. The minimum Gasteiger partial charge on any atom is -0.306 e. The van der Waals surface area contributed by atoms with Crippen molar-refractivity contribution in [3.05, 3.63) is 29.3 Å². The van der Waals surface area contributed by atoms with E-state index in [0.717, 1.165) is 37.1 Å². The van der Waals surface area contributed by atoms with Crippen molar-refractivity contribution in [3.63, 3.8) is 0 Å². The van der Waals surface area contributed by atoms with Crippen LogP contribution in [0.15, 0.2) is 23.1 Å². The van der Waals surface area contributed by atoms with Gasteiger partial charge in [0.25, 0.3) is 0 Å². The molecule has 0 unspecified atom stereocenters. The summed E-state index contributed by atoms with van der Waals surface area (Å²) in [5.74, 6) is 0. The van der Waals surface area contributed by atoms with Crippen LogP contribution in [0.5, 0.6) is 0 Å². The number of nitrogens with zero attached hydrogens (tertiary/aromatic N) is 1. The smallest absolute Gasteiger partial charge is 0.241 e. The Hall–Kier alpha value is -0.910. The van der Waals surface area contributed by atoms with Crippen LogP contribution in [0.3, 0.4) is 0 Å². The van der Waals surface area contributed by atoms with Crippen molar-refractivity contribution in [1.29, 1.82) is 0 Å². The molecule has 19 heavy (non-hydrogen) atoms. The molecule has 0 aromatic heterocycles. The molecular weight excluding hydrogens is 260 g/mol. The van der Waals surface area contributed by atoms with Gasteiger partial charge in [0.05, 0.1) is 4.90 Å². The Labute approximate surface area is 115 Å². The normalized spacial score (nSPS) is 18.7. The summed E-state index contributed by atoms with van der Waals surface area (Å²) in [7, 11) is -1.33. The maximum atomic E-state index is 12.4. The fraction of sp³-hybridized carbons (Fsp3) is 0.571. The van der Waals surface area contributed by atoms with Crippen LogP contribution in [0.4, 0.5) is 0 Å². The van der Waals surface area contributed by atoms with Crippen molar-refractivity contribution in [2.75, 3.05) is 20.1 Å². The van der Waals surface area contributed by atoms with Crippen LogP contribution in [0.1, 0.15) is 24.0 Å². The van der Waals surface area contributed by atoms with Crippen LogP contribution >= 0.6 is 0 Å². The molecule has 4 nitrogen and oxygen atoms in total. The number of piperidine rings is 1. The number of likely N-dealkylation sites (tertiary alicyclic amines) is 1. The molecular formula is C14H22N2O2S. The third-order valence-corrected chi connectivity index (χ3v) is 5.34. The molecule has 0 saturated carbocycles. The first kappa shape index (κ1) is 14.5. The fourth-order valence-corrected chi connectivity index (χ4v) is 4.04. The van der Waals surface area contributed by atoms with E-state index >= 15 is 0 Å². The molecule has 0 aliphatic carbocycles. The second-order valence-corrected chi connectivity index (χ2v) is 7.15. The molecule has 0 atom stereocenters. The standard InChI is InChI=1S/C14H22N2O2S/c1-11-4-5-12(2)14(10-11)19(17,18)15-13-6-8-16(3)9-7-13/h4-5,10,13,15H,6-9H2,1-3H3. The van der Waals surface area contributed by atoms with Gasteiger partial charge in [-0.25, -0.2) is 13.1 Å². The highest BCUT2D eigenvalue weighted by Gasteiger charge is 2.24. The molecule has 1 aromatic rings. The van der Waals surface area contributed by atoms with Gasteiger partial charge in [-0.1, -0.05) is 12.1 Å². The average molecular weight is 282 g/mol. The SMILES string of the molecule is Cc1ccc(C)c(S(=O)(=O)NC2CCN(C)CC2)c1. The molecule has 2 rings (SSSR count). The summed E-state index contributed by atoms with van der Waals surface area (Å²) in [5, 5.41) is 0. The van der Waals surface area contributed by atoms with E-state index in [0.29, 0.717) is 4.90 Å². The molecule has 1 aromatic carbocycles. The molecule has 1 aliphatic rings. The third kappa shape index (κ3) is 3.55. The van der Waals surface area contributed by atoms with Crippen molar-refractivity contribution in [2.45, 2.75) is 37.6 Å². The number of hydrogen-bond acceptors (Lipinski definition) is 3. The summed E-state index contributed by atoms with van der Waals surface area (Å²) in [4.78, 5) is 2.63. The Morgan fingerprint density at radius 1 is 1.21 bits per heavy atom. The molecule has 1 heterocycles. The lowest BCUT2D eigenvalue weighted by Crippen LogP contribution is -2.43. The molecule has 1 aliphatic heterocycles. The van der Waals surface area contributed by atoms with Crippen LogP contribution in [-0.4, -0.2) is 39.5 Å². The lowest BCUT2D eigenvalue weighted by atomic mass is 10.1. The quantitative estimate of drug-likeness (QED) is 0.917. The van der Waals surface area contributed by atoms with Gasteiger partial charge in [0.1, 0.15) is 0 Å². The molecule has 0 bridgehead atoms. The van der Waals surface area contributed by atoms with Crippen molar-refractivity contribution in [3.8, 4) is 0 Å². The van der Waals surface area contributed by atoms with Crippen molar-refractivity contribution in [2.24, 2.45) is 0 Å². The maximum absolute atomic E-state index is 12.4. The third-order valence-electron chi connectivity index (χ3n) is 3.67. The zero-order chi connectivity index (χ0) is 14.0. The summed E-state index contributed by atoms with van der Waals surface area (Å²) in [6.07, 6.45) is 1.75. The highest BCUT2D eigenvalue weighted by molar-refractivity contribution is 7.89. The predicted octanol–water partition coefficient (Wildman–Crippen LogP) is 1.68. The predicted molar refractivity (Wildman–Crippen MR) is 76.8 cm³/mol. The van der Waals surface area contributed by atoms with Gasteiger partial charge in [0.2, 0.25) is 10.0 Å². The summed E-state index contributed by atoms with van der Waals surface area (Å²) in [5.41, 5.74) is 1.76. The van der Waals surface area contributed by atoms with Gasteiger partial charge in [0, 0.05) is 6.04 Å². The van der Waals surface area contributed by atoms with E-state index in [4.69, 9.17) is 0 Å². The Balaban J connectivity index is 2.16. The Morgan fingerprint density at radius 3 is 2.47 bits per heavy atom. The molecule has 106 valence electrons. The van der Waals surface area contributed by atoms with E-state index in [1.807, 2.05) is 26.0 Å². The summed E-state index contributed by atoms with van der Waals surface area (Å²) >= 11 is 0. The zero-order valence-corrected chi connectivity index (χ0v) is 12.6. The van der Waals surface area contributed by atoms with E-state index in [2.05, 4.69) is 16.7 Å². The molecule has 0 spiro atoms. The summed E-state index contributed by atoms with van der Waals surface area (Å²) in [6.45, 7) is 5.64. The van der Waals surface area contributed by atoms with Crippen molar-refractivity contribution >= 4 is 10.0 Å². The molecule has 0 amide bonds. The average Bonchev–Trinajstić information content (AvgIpc) is 2.35. The first-order valence-corrected chi connectivity index (χ1v) is 8.15. The fourth-order valence-electron chi connectivity index (χ4n) is 2.41. The zero-order valence-electron chi connectivity index (χ0n) is 11.8. The highest BCUT2D eigenvalue weighted by atomic mass is 32.2. The lowest BCUT2D eigenvalue weighted by molar-refractivity contribution is 0.248. The second-order valence-electron chi connectivity index (χ2n) is 5.47. The van der Waals surface area contributed by atoms with Crippen molar-refractivity contribution < 1.29 is 8.42 Å². The van der Waals surface area contributed by atoms with Gasteiger partial charge >= 0.3 is 0 Å². The van der Waals surface area contributed by atoms with Crippen LogP contribution in [0, 0.1) is 13.8 Å². The topological polar surface area (TPSA) is 49.4 Å². The number of aryl methyl sites for hydroxylation is 2. The lowest BCUT2D eigenvalue weighted by Gasteiger charge is -2.29. The molecule has 1 N–H and O–H groups in total. The van der Waals surface area contributed by atoms with E-state index in [-0.39, 0.29) is 6.04 Å². The van der Waals surface area contributed by atoms with Gasteiger partial charge < -0.3 is 4.90 Å². The monoisotopic (exact) mass is 282 g/mol. The van der Waals surface area contributed by atoms with Gasteiger partial charge in [-0.2, -0.15) is 0 Å². The van der Waals surface area contributed by atoms with E-state index < -0.39 is 10.0 Å². The van der Waals surface area contributed by atoms with E-state index in [1.165, 1.54) is 0 Å². The van der Waals surface area contributed by atoms with Gasteiger partial charge in [0.15, 0.2) is 0 Å². The largest absolute Gasteiger partial charge is 0.306 e. The van der Waals surface area contributed by atoms with E-state index in [9.17, 15) is 8.42 Å². The highest BCUT2D eigenvalue weighted by Crippen LogP contribution is 2.19. The molecule has 0 radical (unpaired) electrons. The minimum absolute atomic E-state index is 0.0566. The first-order valence-electron chi connectivity index (χ1n) is 6.66. The van der Waals surface area contributed by atoms with Crippen LogP contribution in [-0.2, 0) is 10.0 Å². The number of hydrogen-bond donors (Lipinski definition) is 1. The van der Waals surface area contributed by atoms with Gasteiger partial charge in [-0.15, -0.1) is 0 Å². The van der Waals surface area contributed by atoms with Crippen LogP contribution < -0.4 is 4.72 Å². The summed E-state index contributed by atoms with van der Waals surface area (Å²) in [6, 6.07) is 5.59.